The van der Waals surface area contributed by atoms with Crippen LogP contribution in [0.5, 0.6) is 0 Å². The van der Waals surface area contributed by atoms with Crippen LogP contribution < -0.4 is 5.32 Å². The van der Waals surface area contributed by atoms with Gasteiger partial charge in [0.2, 0.25) is 5.91 Å². The molecule has 0 atom stereocenters. The molecule has 1 N–H and O–H groups in total. The Balaban J connectivity index is 2.04. The van der Waals surface area contributed by atoms with Crippen molar-refractivity contribution in [3.8, 4) is 0 Å². The third-order valence-electron chi connectivity index (χ3n) is 1.77. The highest BCUT2D eigenvalue weighted by molar-refractivity contribution is 5.75. The number of azide groups is 1. The maximum absolute atomic E-state index is 11.3. The summed E-state index contributed by atoms with van der Waals surface area (Å²) in [7, 11) is 0. The normalized spacial score (nSPS) is 9.50. The van der Waals surface area contributed by atoms with Crippen LogP contribution in [0.4, 0.5) is 0 Å². The van der Waals surface area contributed by atoms with Crippen molar-refractivity contribution in [3.05, 3.63) is 16.8 Å². The minimum absolute atomic E-state index is 0.114. The highest BCUT2D eigenvalue weighted by Gasteiger charge is 2.02. The molecule has 0 saturated heterocycles. The summed E-state index contributed by atoms with van der Waals surface area (Å²) in [6, 6.07) is 0. The summed E-state index contributed by atoms with van der Waals surface area (Å²) in [6.07, 6.45) is 2.91. The van der Waals surface area contributed by atoms with E-state index < -0.39 is 0 Å². The van der Waals surface area contributed by atoms with Gasteiger partial charge < -0.3 is 5.32 Å². The summed E-state index contributed by atoms with van der Waals surface area (Å²) in [6.45, 7) is 1.13. The minimum Gasteiger partial charge on any atom is -0.354 e. The average molecular weight is 224 g/mol. The van der Waals surface area contributed by atoms with Gasteiger partial charge in [-0.1, -0.05) is 5.11 Å². The van der Waals surface area contributed by atoms with Gasteiger partial charge >= 0.3 is 0 Å². The topological polar surface area (TPSA) is 121 Å². The van der Waals surface area contributed by atoms with Gasteiger partial charge in [0.25, 0.3) is 0 Å². The van der Waals surface area contributed by atoms with Crippen LogP contribution in [0, 0.1) is 0 Å². The van der Waals surface area contributed by atoms with Crippen LogP contribution in [0.15, 0.2) is 11.4 Å². The molecule has 1 heterocycles. The molecule has 0 fully saturated rings. The Hall–Kier alpha value is -2.15. The van der Waals surface area contributed by atoms with E-state index in [9.17, 15) is 4.79 Å². The van der Waals surface area contributed by atoms with E-state index in [1.165, 1.54) is 11.0 Å². The number of nitrogens with zero attached hydrogens (tertiary/aromatic N) is 7. The Labute approximate surface area is 91.4 Å². The van der Waals surface area contributed by atoms with Gasteiger partial charge in [-0.3, -0.25) is 4.79 Å². The second kappa shape index (κ2) is 7.18. The summed E-state index contributed by atoms with van der Waals surface area (Å²) in [5, 5.41) is 16.5. The molecule has 16 heavy (non-hydrogen) atoms. The maximum Gasteiger partial charge on any atom is 0.241 e. The van der Waals surface area contributed by atoms with E-state index in [-0.39, 0.29) is 12.5 Å². The average Bonchev–Trinajstić information content (AvgIpc) is 2.76. The SMILES string of the molecule is [N-]=[N+]=NCCCCNC(=O)Cn1cnnn1. The van der Waals surface area contributed by atoms with Crippen LogP contribution in [0.1, 0.15) is 12.8 Å². The van der Waals surface area contributed by atoms with Crippen molar-refractivity contribution < 1.29 is 4.79 Å². The molecule has 0 aliphatic heterocycles. The molecule has 1 rings (SSSR count). The fourth-order valence-corrected chi connectivity index (χ4v) is 1.04. The molecule has 86 valence electrons. The molecule has 0 radical (unpaired) electrons. The second-order valence-corrected chi connectivity index (χ2v) is 3.02. The molecule has 0 bridgehead atoms. The monoisotopic (exact) mass is 224 g/mol. The quantitative estimate of drug-likeness (QED) is 0.300. The fourth-order valence-electron chi connectivity index (χ4n) is 1.04. The van der Waals surface area contributed by atoms with E-state index in [0.717, 1.165) is 12.8 Å². The number of hydrogen-bond acceptors (Lipinski definition) is 5. The van der Waals surface area contributed by atoms with E-state index in [1.807, 2.05) is 0 Å². The molecule has 9 nitrogen and oxygen atoms in total. The Morgan fingerprint density at radius 1 is 1.56 bits per heavy atom. The van der Waals surface area contributed by atoms with Crippen LogP contribution in [-0.4, -0.2) is 39.2 Å². The lowest BCUT2D eigenvalue weighted by molar-refractivity contribution is -0.121. The van der Waals surface area contributed by atoms with Crippen molar-refractivity contribution >= 4 is 5.91 Å². The summed E-state index contributed by atoms with van der Waals surface area (Å²) < 4.78 is 1.34. The van der Waals surface area contributed by atoms with Crippen molar-refractivity contribution in [2.45, 2.75) is 19.4 Å². The third-order valence-corrected chi connectivity index (χ3v) is 1.77. The summed E-state index contributed by atoms with van der Waals surface area (Å²) in [4.78, 5) is 13.9. The maximum atomic E-state index is 11.3. The van der Waals surface area contributed by atoms with Gasteiger partial charge in [-0.25, -0.2) is 4.68 Å². The van der Waals surface area contributed by atoms with Gasteiger partial charge in [0.05, 0.1) is 0 Å². The van der Waals surface area contributed by atoms with Crippen LogP contribution >= 0.6 is 0 Å². The van der Waals surface area contributed by atoms with Crippen LogP contribution in [0.3, 0.4) is 0 Å². The van der Waals surface area contributed by atoms with Gasteiger partial charge in [-0.05, 0) is 28.8 Å². The van der Waals surface area contributed by atoms with E-state index in [4.69, 9.17) is 5.53 Å². The number of hydrogen-bond donors (Lipinski definition) is 1. The lowest BCUT2D eigenvalue weighted by Crippen LogP contribution is -2.28. The molecule has 0 saturated carbocycles. The Morgan fingerprint density at radius 2 is 2.44 bits per heavy atom. The number of tetrazole rings is 1. The number of amides is 1. The van der Waals surface area contributed by atoms with E-state index >= 15 is 0 Å². The number of unbranched alkanes of at least 4 members (excludes halogenated alkanes) is 1. The molecule has 9 heteroatoms. The Morgan fingerprint density at radius 3 is 3.12 bits per heavy atom. The number of aromatic nitrogens is 4. The van der Waals surface area contributed by atoms with E-state index in [0.29, 0.717) is 13.1 Å². The fraction of sp³-hybridized carbons (Fsp3) is 0.714. The lowest BCUT2D eigenvalue weighted by Gasteiger charge is -2.03. The zero-order chi connectivity index (χ0) is 11.6. The largest absolute Gasteiger partial charge is 0.354 e. The Kier molecular flexibility index (Phi) is 5.35. The van der Waals surface area contributed by atoms with Crippen molar-refractivity contribution in [2.24, 2.45) is 5.11 Å². The van der Waals surface area contributed by atoms with Gasteiger partial charge in [0.15, 0.2) is 0 Å². The first kappa shape index (κ1) is 11.9. The summed E-state index contributed by atoms with van der Waals surface area (Å²) >= 11 is 0. The van der Waals surface area contributed by atoms with Crippen LogP contribution in [-0.2, 0) is 11.3 Å². The highest BCUT2D eigenvalue weighted by atomic mass is 16.2. The van der Waals surface area contributed by atoms with Crippen LogP contribution in [0.2, 0.25) is 0 Å². The molecular formula is C7H12N8O. The molecule has 0 spiro atoms. The standard InChI is InChI=1S/C7H12N8O/c8-12-10-4-2-1-3-9-7(16)5-15-6-11-13-14-15/h6H,1-5H2,(H,9,16). The molecule has 1 amide bonds. The van der Waals surface area contributed by atoms with Gasteiger partial charge in [0.1, 0.15) is 12.9 Å². The predicted molar refractivity (Wildman–Crippen MR) is 54.1 cm³/mol. The van der Waals surface area contributed by atoms with Gasteiger partial charge in [0, 0.05) is 18.0 Å². The molecular weight excluding hydrogens is 212 g/mol. The van der Waals surface area contributed by atoms with Crippen molar-refractivity contribution in [3.63, 3.8) is 0 Å². The zero-order valence-corrected chi connectivity index (χ0v) is 8.65. The number of carbonyl (C=O) groups excluding carboxylic acids is 1. The molecule has 0 aliphatic rings. The summed E-state index contributed by atoms with van der Waals surface area (Å²) in [5.74, 6) is -0.143. The first-order chi connectivity index (χ1) is 7.83. The number of rotatable bonds is 7. The minimum atomic E-state index is -0.143. The highest BCUT2D eigenvalue weighted by Crippen LogP contribution is 1.88. The van der Waals surface area contributed by atoms with Crippen molar-refractivity contribution in [1.29, 1.82) is 0 Å². The third kappa shape index (κ3) is 4.91. The molecule has 0 aliphatic carbocycles. The first-order valence-electron chi connectivity index (χ1n) is 4.81. The van der Waals surface area contributed by atoms with E-state index in [1.54, 1.807) is 0 Å². The molecule has 1 aromatic rings. The number of nitrogens with one attached hydrogen (secondary N) is 1. The van der Waals surface area contributed by atoms with Crippen LogP contribution in [0.25, 0.3) is 10.4 Å². The number of carbonyl (C=O) groups is 1. The van der Waals surface area contributed by atoms with Crippen molar-refractivity contribution in [2.75, 3.05) is 13.1 Å². The molecule has 0 unspecified atom stereocenters. The summed E-state index contributed by atoms with van der Waals surface area (Å²) in [5.41, 5.74) is 8.02. The second-order valence-electron chi connectivity index (χ2n) is 3.02. The Bertz CT molecular complexity index is 354. The first-order valence-corrected chi connectivity index (χ1v) is 4.81. The smallest absolute Gasteiger partial charge is 0.241 e. The zero-order valence-electron chi connectivity index (χ0n) is 8.65. The van der Waals surface area contributed by atoms with Gasteiger partial charge in [-0.2, -0.15) is 0 Å². The van der Waals surface area contributed by atoms with E-state index in [2.05, 4.69) is 30.9 Å². The lowest BCUT2D eigenvalue weighted by atomic mass is 10.3. The molecule has 1 aromatic heterocycles. The predicted octanol–water partition coefficient (Wildman–Crippen LogP) is -0.120. The van der Waals surface area contributed by atoms with Crippen molar-refractivity contribution in [1.82, 2.24) is 25.5 Å². The molecule has 0 aromatic carbocycles. The van der Waals surface area contributed by atoms with Gasteiger partial charge in [-0.15, -0.1) is 5.10 Å².